The number of carbonyl (C=O) groups is 1. The highest BCUT2D eigenvalue weighted by Crippen LogP contribution is 2.10. The van der Waals surface area contributed by atoms with Gasteiger partial charge in [-0.2, -0.15) is 0 Å². The maximum atomic E-state index is 11.3. The zero-order valence-corrected chi connectivity index (χ0v) is 8.03. The molecule has 1 aliphatic rings. The number of esters is 1. The third kappa shape index (κ3) is 3.27. The molecule has 72 valence electrons. The van der Waals surface area contributed by atoms with Gasteiger partial charge in [-0.1, -0.05) is 5.16 Å². The van der Waals surface area contributed by atoms with Crippen molar-refractivity contribution in [3.8, 4) is 0 Å². The Bertz CT molecular complexity index is 261. The van der Waals surface area contributed by atoms with Crippen molar-refractivity contribution in [2.45, 2.75) is 32.8 Å². The molecule has 0 bridgehead atoms. The van der Waals surface area contributed by atoms with E-state index in [0.29, 0.717) is 12.1 Å². The topological polar surface area (TPSA) is 47.9 Å². The number of oxime groups is 1. The zero-order chi connectivity index (χ0) is 9.90. The summed E-state index contributed by atoms with van der Waals surface area (Å²) < 4.78 is 5.09. The molecule has 1 rings (SSSR count). The minimum Gasteiger partial charge on any atom is -0.455 e. The fourth-order valence-corrected chi connectivity index (χ4v) is 0.792. The van der Waals surface area contributed by atoms with Gasteiger partial charge < -0.3 is 9.57 Å². The van der Waals surface area contributed by atoms with Gasteiger partial charge in [-0.3, -0.25) is 0 Å². The van der Waals surface area contributed by atoms with Gasteiger partial charge in [0.15, 0.2) is 5.71 Å². The van der Waals surface area contributed by atoms with Crippen LogP contribution in [-0.4, -0.2) is 17.3 Å². The van der Waals surface area contributed by atoms with Crippen LogP contribution in [0.3, 0.4) is 0 Å². The Morgan fingerprint density at radius 3 is 2.77 bits per heavy atom. The van der Waals surface area contributed by atoms with Crippen LogP contribution in [0.5, 0.6) is 0 Å². The van der Waals surface area contributed by atoms with E-state index < -0.39 is 11.6 Å². The lowest BCUT2D eigenvalue weighted by Crippen LogP contribution is -2.29. The van der Waals surface area contributed by atoms with Crippen molar-refractivity contribution in [2.24, 2.45) is 5.16 Å². The normalized spacial score (nSPS) is 16.1. The molecule has 1 heterocycles. The van der Waals surface area contributed by atoms with Crippen LogP contribution in [0.2, 0.25) is 0 Å². The van der Waals surface area contributed by atoms with E-state index in [1.807, 2.05) is 20.8 Å². The zero-order valence-electron chi connectivity index (χ0n) is 8.03. The molecule has 0 radical (unpaired) electrons. The van der Waals surface area contributed by atoms with E-state index in [0.717, 1.165) is 0 Å². The maximum Gasteiger partial charge on any atom is 0.356 e. The lowest BCUT2D eigenvalue weighted by atomic mass is 10.2. The Morgan fingerprint density at radius 2 is 2.31 bits per heavy atom. The molecule has 4 heteroatoms. The van der Waals surface area contributed by atoms with Crippen LogP contribution in [0.4, 0.5) is 0 Å². The average Bonchev–Trinajstić information content (AvgIpc) is 2.03. The summed E-state index contributed by atoms with van der Waals surface area (Å²) in [5.41, 5.74) is -0.182. The van der Waals surface area contributed by atoms with Crippen LogP contribution in [0.1, 0.15) is 27.2 Å². The molecule has 13 heavy (non-hydrogen) atoms. The van der Waals surface area contributed by atoms with Crippen LogP contribution >= 0.6 is 0 Å². The van der Waals surface area contributed by atoms with Gasteiger partial charge in [-0.25, -0.2) is 4.79 Å². The van der Waals surface area contributed by atoms with Gasteiger partial charge in [0.05, 0.1) is 0 Å². The number of ether oxygens (including phenoxy) is 1. The Labute approximate surface area is 77.2 Å². The van der Waals surface area contributed by atoms with E-state index in [1.165, 1.54) is 6.26 Å². The molecule has 4 nitrogen and oxygen atoms in total. The molecular formula is C9H13NO3. The maximum absolute atomic E-state index is 11.3. The minimum atomic E-state index is -0.485. The first-order valence-corrected chi connectivity index (χ1v) is 4.10. The lowest BCUT2D eigenvalue weighted by molar-refractivity contribution is -0.146. The smallest absolute Gasteiger partial charge is 0.356 e. The molecule has 0 aliphatic carbocycles. The Hall–Kier alpha value is -1.32. The second-order valence-electron chi connectivity index (χ2n) is 3.72. The summed E-state index contributed by atoms with van der Waals surface area (Å²) in [5.74, 6) is -0.420. The van der Waals surface area contributed by atoms with Crippen molar-refractivity contribution in [3.63, 3.8) is 0 Å². The van der Waals surface area contributed by atoms with Gasteiger partial charge in [-0.05, 0) is 26.8 Å². The highest BCUT2D eigenvalue weighted by Gasteiger charge is 2.21. The summed E-state index contributed by atoms with van der Waals surface area (Å²) in [5, 5.41) is 3.57. The Balaban J connectivity index is 2.53. The highest BCUT2D eigenvalue weighted by molar-refractivity contribution is 6.36. The summed E-state index contributed by atoms with van der Waals surface area (Å²) in [6.45, 7) is 5.43. The first-order valence-electron chi connectivity index (χ1n) is 4.10. The quantitative estimate of drug-likeness (QED) is 0.580. The first-order chi connectivity index (χ1) is 5.99. The number of allylic oxidation sites excluding steroid dienone is 1. The van der Waals surface area contributed by atoms with E-state index in [4.69, 9.17) is 4.74 Å². The third-order valence-corrected chi connectivity index (χ3v) is 1.27. The van der Waals surface area contributed by atoms with Gasteiger partial charge in [0, 0.05) is 6.42 Å². The van der Waals surface area contributed by atoms with Crippen molar-refractivity contribution >= 4 is 11.7 Å². The molecule has 0 amide bonds. The van der Waals surface area contributed by atoms with Crippen LogP contribution in [0.15, 0.2) is 17.5 Å². The van der Waals surface area contributed by atoms with Gasteiger partial charge >= 0.3 is 5.97 Å². The predicted octanol–water partition coefficient (Wildman–Crippen LogP) is 1.62. The summed E-state index contributed by atoms with van der Waals surface area (Å²) in [7, 11) is 0. The summed E-state index contributed by atoms with van der Waals surface area (Å²) in [4.78, 5) is 16.0. The van der Waals surface area contributed by atoms with E-state index in [9.17, 15) is 4.79 Å². The van der Waals surface area contributed by atoms with E-state index in [2.05, 4.69) is 9.99 Å². The Kier molecular flexibility index (Phi) is 2.70. The van der Waals surface area contributed by atoms with Crippen molar-refractivity contribution in [3.05, 3.63) is 12.3 Å². The van der Waals surface area contributed by atoms with Crippen molar-refractivity contribution < 1.29 is 14.4 Å². The summed E-state index contributed by atoms with van der Waals surface area (Å²) >= 11 is 0. The van der Waals surface area contributed by atoms with Crippen LogP contribution in [0, 0.1) is 0 Å². The van der Waals surface area contributed by atoms with E-state index in [-0.39, 0.29) is 0 Å². The molecule has 1 aliphatic heterocycles. The average molecular weight is 183 g/mol. The molecule has 0 spiro atoms. The molecule has 0 aromatic carbocycles. The van der Waals surface area contributed by atoms with Gasteiger partial charge in [0.1, 0.15) is 11.9 Å². The SMILES string of the molecule is CC(C)(C)OC(=O)C1=NOC=CC1. The first kappa shape index (κ1) is 9.77. The molecule has 0 saturated heterocycles. The number of hydrogen-bond acceptors (Lipinski definition) is 4. The van der Waals surface area contributed by atoms with Gasteiger partial charge in [0.25, 0.3) is 0 Å². The minimum absolute atomic E-state index is 0.303. The fourth-order valence-electron chi connectivity index (χ4n) is 0.792. The van der Waals surface area contributed by atoms with E-state index >= 15 is 0 Å². The lowest BCUT2D eigenvalue weighted by Gasteiger charge is -2.19. The summed E-state index contributed by atoms with van der Waals surface area (Å²) in [6.07, 6.45) is 3.62. The largest absolute Gasteiger partial charge is 0.455 e. The second kappa shape index (κ2) is 3.60. The van der Waals surface area contributed by atoms with Crippen LogP contribution in [-0.2, 0) is 14.4 Å². The van der Waals surface area contributed by atoms with Crippen LogP contribution < -0.4 is 0 Å². The number of carbonyl (C=O) groups excluding carboxylic acids is 1. The highest BCUT2D eigenvalue weighted by atomic mass is 16.6. The van der Waals surface area contributed by atoms with Crippen LogP contribution in [0.25, 0.3) is 0 Å². The van der Waals surface area contributed by atoms with Crippen molar-refractivity contribution in [1.82, 2.24) is 0 Å². The standard InChI is InChI=1S/C9H13NO3/c1-9(2,3)13-8(11)7-5-4-6-12-10-7/h4,6H,5H2,1-3H3. The van der Waals surface area contributed by atoms with Crippen molar-refractivity contribution in [1.29, 1.82) is 0 Å². The molecule has 0 saturated carbocycles. The monoisotopic (exact) mass is 183 g/mol. The fraction of sp³-hybridized carbons (Fsp3) is 0.556. The third-order valence-electron chi connectivity index (χ3n) is 1.27. The molecule has 0 fully saturated rings. The molecular weight excluding hydrogens is 170 g/mol. The van der Waals surface area contributed by atoms with Gasteiger partial charge in [0.2, 0.25) is 0 Å². The number of rotatable bonds is 1. The molecule has 0 atom stereocenters. The summed E-state index contributed by atoms with van der Waals surface area (Å²) in [6, 6.07) is 0. The molecule has 0 N–H and O–H groups in total. The second-order valence-corrected chi connectivity index (χ2v) is 3.72. The predicted molar refractivity (Wildman–Crippen MR) is 48.1 cm³/mol. The molecule has 0 aromatic rings. The van der Waals surface area contributed by atoms with Gasteiger partial charge in [-0.15, -0.1) is 0 Å². The van der Waals surface area contributed by atoms with E-state index in [1.54, 1.807) is 6.08 Å². The van der Waals surface area contributed by atoms with Crippen molar-refractivity contribution in [2.75, 3.05) is 0 Å². The molecule has 0 aromatic heterocycles. The molecule has 0 unspecified atom stereocenters. The number of hydrogen-bond donors (Lipinski definition) is 0. The number of nitrogens with zero attached hydrogens (tertiary/aromatic N) is 1. The Morgan fingerprint density at radius 1 is 1.62 bits per heavy atom.